The minimum Gasteiger partial charge on any atom is -0.508 e. The molecule has 2 N–H and O–H groups in total. The number of benzene rings is 2. The number of allylic oxidation sites excluding steroid dienone is 5. The third kappa shape index (κ3) is 6.11. The number of hydrogen-bond acceptors (Lipinski definition) is 4. The fourth-order valence-electron chi connectivity index (χ4n) is 3.00. The molecule has 4 heteroatoms. The van der Waals surface area contributed by atoms with Crippen molar-refractivity contribution in [3.05, 3.63) is 83.0 Å². The summed E-state index contributed by atoms with van der Waals surface area (Å²) >= 11 is 0. The molecular formula is C26H30O4. The molecule has 2 aromatic rings. The molecule has 0 radical (unpaired) electrons. The van der Waals surface area contributed by atoms with Crippen molar-refractivity contribution in [1.82, 2.24) is 0 Å². The van der Waals surface area contributed by atoms with E-state index >= 15 is 0 Å². The maximum Gasteiger partial charge on any atom is 0.185 e. The van der Waals surface area contributed by atoms with Crippen molar-refractivity contribution in [2.45, 2.75) is 40.0 Å². The van der Waals surface area contributed by atoms with Crippen LogP contribution in [0, 0.1) is 0 Å². The van der Waals surface area contributed by atoms with Gasteiger partial charge in [0.05, 0.1) is 12.2 Å². The number of rotatable bonds is 10. The molecule has 0 aliphatic carbocycles. The Bertz CT molecular complexity index is 934. The third-order valence-corrected chi connectivity index (χ3v) is 4.59. The van der Waals surface area contributed by atoms with Crippen molar-refractivity contribution >= 4 is 11.9 Å². The van der Waals surface area contributed by atoms with E-state index in [0.29, 0.717) is 36.3 Å². The van der Waals surface area contributed by atoms with Gasteiger partial charge in [-0.2, -0.15) is 0 Å². The first-order valence-corrected chi connectivity index (χ1v) is 10.3. The van der Waals surface area contributed by atoms with E-state index in [1.807, 2.05) is 51.1 Å². The number of ketones is 1. The molecular weight excluding hydrogens is 376 g/mol. The Morgan fingerprint density at radius 1 is 1.00 bits per heavy atom. The smallest absolute Gasteiger partial charge is 0.185 e. The number of phenolic OH excluding ortho intramolecular Hbond substituents is 2. The maximum atomic E-state index is 12.6. The van der Waals surface area contributed by atoms with E-state index in [9.17, 15) is 15.0 Å². The fourth-order valence-corrected chi connectivity index (χ4v) is 3.00. The predicted octanol–water partition coefficient (Wildman–Crippen LogP) is 6.02. The number of hydrogen-bond donors (Lipinski definition) is 2. The average molecular weight is 407 g/mol. The lowest BCUT2D eigenvalue weighted by Crippen LogP contribution is -2.03. The molecule has 0 aliphatic heterocycles. The van der Waals surface area contributed by atoms with Gasteiger partial charge in [0.15, 0.2) is 5.78 Å². The molecule has 158 valence electrons. The first-order valence-electron chi connectivity index (χ1n) is 10.3. The average Bonchev–Trinajstić information content (AvgIpc) is 2.75. The lowest BCUT2D eigenvalue weighted by atomic mass is 9.97. The van der Waals surface area contributed by atoms with E-state index in [0.717, 1.165) is 17.5 Å². The highest BCUT2D eigenvalue weighted by Crippen LogP contribution is 2.37. The van der Waals surface area contributed by atoms with E-state index in [1.54, 1.807) is 18.2 Å². The molecule has 0 atom stereocenters. The zero-order valence-corrected chi connectivity index (χ0v) is 17.9. The van der Waals surface area contributed by atoms with Crippen LogP contribution in [0.15, 0.2) is 60.7 Å². The number of carbonyl (C=O) groups excluding carboxylic acids is 1. The Hall–Kier alpha value is -3.27. The molecule has 2 rings (SSSR count). The molecule has 0 unspecified atom stereocenters. The fraction of sp³-hybridized carbons (Fsp3) is 0.269. The summed E-state index contributed by atoms with van der Waals surface area (Å²) in [7, 11) is 0. The Labute approximate surface area is 178 Å². The molecule has 0 fully saturated rings. The zero-order chi connectivity index (χ0) is 21.9. The van der Waals surface area contributed by atoms with Gasteiger partial charge in [0.1, 0.15) is 17.2 Å². The second-order valence-electron chi connectivity index (χ2n) is 6.93. The van der Waals surface area contributed by atoms with Crippen molar-refractivity contribution < 1.29 is 19.7 Å². The Morgan fingerprint density at radius 3 is 2.23 bits per heavy atom. The molecule has 30 heavy (non-hydrogen) atoms. The van der Waals surface area contributed by atoms with Crippen LogP contribution < -0.4 is 4.74 Å². The van der Waals surface area contributed by atoms with Crippen molar-refractivity contribution in [3.8, 4) is 17.2 Å². The maximum absolute atomic E-state index is 12.6. The molecule has 2 aromatic carbocycles. The van der Waals surface area contributed by atoms with Crippen LogP contribution in [0.25, 0.3) is 6.08 Å². The Kier molecular flexibility index (Phi) is 8.95. The standard InChI is InChI=1S/C26H30O4/c1-4-7-9-20-18-21(10-8-5-2)26(30-17-6-3)23(25(20)29)15-16-24(28)19-11-13-22(27)14-12-19/h4-5,7-8,11-16,18,27,29H,6,9-10,17H2,1-3H3/b7-4+,8-5+,16-15+. The van der Waals surface area contributed by atoms with Crippen molar-refractivity contribution in [2.75, 3.05) is 6.61 Å². The lowest BCUT2D eigenvalue weighted by molar-refractivity contribution is 0.104. The number of ether oxygens (including phenoxy) is 1. The molecule has 0 saturated heterocycles. The van der Waals surface area contributed by atoms with E-state index in [1.165, 1.54) is 18.2 Å². The highest BCUT2D eigenvalue weighted by Gasteiger charge is 2.17. The predicted molar refractivity (Wildman–Crippen MR) is 122 cm³/mol. The van der Waals surface area contributed by atoms with Gasteiger partial charge in [0.2, 0.25) is 0 Å². The Balaban J connectivity index is 2.53. The second-order valence-corrected chi connectivity index (χ2v) is 6.93. The molecule has 0 amide bonds. The van der Waals surface area contributed by atoms with Gasteiger partial charge < -0.3 is 14.9 Å². The quantitative estimate of drug-likeness (QED) is 0.288. The summed E-state index contributed by atoms with van der Waals surface area (Å²) in [6, 6.07) is 8.05. The van der Waals surface area contributed by atoms with Gasteiger partial charge in [0.25, 0.3) is 0 Å². The highest BCUT2D eigenvalue weighted by atomic mass is 16.5. The summed E-state index contributed by atoms with van der Waals surface area (Å²) < 4.78 is 6.00. The van der Waals surface area contributed by atoms with Crippen LogP contribution in [0.3, 0.4) is 0 Å². The van der Waals surface area contributed by atoms with Crippen LogP contribution >= 0.6 is 0 Å². The van der Waals surface area contributed by atoms with Crippen LogP contribution in [0.2, 0.25) is 0 Å². The monoisotopic (exact) mass is 406 g/mol. The summed E-state index contributed by atoms with van der Waals surface area (Å²) in [5.74, 6) is 0.614. The van der Waals surface area contributed by atoms with Crippen molar-refractivity contribution in [3.63, 3.8) is 0 Å². The topological polar surface area (TPSA) is 66.8 Å². The summed E-state index contributed by atoms with van der Waals surface area (Å²) in [6.45, 7) is 6.44. The van der Waals surface area contributed by atoms with Crippen LogP contribution in [0.1, 0.15) is 54.2 Å². The van der Waals surface area contributed by atoms with Crippen LogP contribution in [0.5, 0.6) is 17.2 Å². The summed E-state index contributed by atoms with van der Waals surface area (Å²) in [5, 5.41) is 20.4. The normalized spacial score (nSPS) is 11.7. The van der Waals surface area contributed by atoms with E-state index in [4.69, 9.17) is 4.74 Å². The van der Waals surface area contributed by atoms with Crippen molar-refractivity contribution in [1.29, 1.82) is 0 Å². The highest BCUT2D eigenvalue weighted by molar-refractivity contribution is 6.07. The largest absolute Gasteiger partial charge is 0.508 e. The molecule has 0 aliphatic rings. The summed E-state index contributed by atoms with van der Waals surface area (Å²) in [4.78, 5) is 12.6. The van der Waals surface area contributed by atoms with Crippen LogP contribution in [-0.2, 0) is 12.8 Å². The molecule has 0 spiro atoms. The summed E-state index contributed by atoms with van der Waals surface area (Å²) in [6.07, 6.45) is 13.1. The van der Waals surface area contributed by atoms with E-state index in [-0.39, 0.29) is 17.3 Å². The van der Waals surface area contributed by atoms with Gasteiger partial charge in [-0.3, -0.25) is 4.79 Å². The van der Waals surface area contributed by atoms with Gasteiger partial charge >= 0.3 is 0 Å². The van der Waals surface area contributed by atoms with Gasteiger partial charge in [-0.15, -0.1) is 0 Å². The molecule has 4 nitrogen and oxygen atoms in total. The lowest BCUT2D eigenvalue weighted by Gasteiger charge is -2.17. The second kappa shape index (κ2) is 11.7. The SMILES string of the molecule is C/C=C/Cc1cc(C/C=C/C)c(OCCC)c(/C=C/C(=O)c2ccc(O)cc2)c1O. The molecule has 0 bridgehead atoms. The van der Waals surface area contributed by atoms with E-state index in [2.05, 4.69) is 0 Å². The molecule has 0 aromatic heterocycles. The Morgan fingerprint density at radius 2 is 1.63 bits per heavy atom. The number of carbonyl (C=O) groups is 1. The van der Waals surface area contributed by atoms with Crippen LogP contribution in [-0.4, -0.2) is 22.6 Å². The zero-order valence-electron chi connectivity index (χ0n) is 17.9. The number of phenols is 2. The van der Waals surface area contributed by atoms with Crippen LogP contribution in [0.4, 0.5) is 0 Å². The minimum atomic E-state index is -0.218. The first kappa shape index (κ1) is 23.0. The third-order valence-electron chi connectivity index (χ3n) is 4.59. The van der Waals surface area contributed by atoms with Gasteiger partial charge in [0, 0.05) is 5.56 Å². The van der Waals surface area contributed by atoms with Gasteiger partial charge in [-0.1, -0.05) is 31.2 Å². The van der Waals surface area contributed by atoms with Crippen molar-refractivity contribution in [2.24, 2.45) is 0 Å². The summed E-state index contributed by atoms with van der Waals surface area (Å²) in [5.41, 5.74) is 2.72. The van der Waals surface area contributed by atoms with E-state index < -0.39 is 0 Å². The minimum absolute atomic E-state index is 0.105. The van der Waals surface area contributed by atoms with Gasteiger partial charge in [-0.25, -0.2) is 0 Å². The molecule has 0 saturated carbocycles. The number of aromatic hydroxyl groups is 2. The molecule has 0 heterocycles. The van der Waals surface area contributed by atoms with Gasteiger partial charge in [-0.05, 0) is 86.7 Å². The first-order chi connectivity index (χ1) is 14.5.